The number of unbranched alkanes of at least 4 members (excludes halogenated alkanes) is 3. The van der Waals surface area contributed by atoms with E-state index in [9.17, 15) is 18.0 Å². The average molecular weight is 385 g/mol. The number of aromatic nitrogens is 3. The molecular weight excluding hydrogens is 363 g/mol. The maximum atomic E-state index is 12.3. The highest BCUT2D eigenvalue weighted by Crippen LogP contribution is 2.27. The molecule has 0 fully saturated rings. The van der Waals surface area contributed by atoms with Crippen LogP contribution in [0.1, 0.15) is 43.8 Å². The summed E-state index contributed by atoms with van der Waals surface area (Å²) in [5.41, 5.74) is 0.942. The lowest BCUT2D eigenvalue weighted by Crippen LogP contribution is -2.13. The third-order valence-corrected chi connectivity index (χ3v) is 3.80. The van der Waals surface area contributed by atoms with E-state index in [-0.39, 0.29) is 11.7 Å². The summed E-state index contributed by atoms with van der Waals surface area (Å²) in [6, 6.07) is 3.61. The third kappa shape index (κ3) is 6.87. The SMILES string of the molecule is CN(C)c1ccc(NC(=O)CCCCCCc2noc(C(F)(F)F)n2)nc1. The number of alkyl halides is 3. The van der Waals surface area contributed by atoms with Gasteiger partial charge in [0.05, 0.1) is 11.9 Å². The van der Waals surface area contributed by atoms with Crippen LogP contribution < -0.4 is 10.2 Å². The summed E-state index contributed by atoms with van der Waals surface area (Å²) >= 11 is 0. The monoisotopic (exact) mass is 385 g/mol. The highest BCUT2D eigenvalue weighted by atomic mass is 19.4. The largest absolute Gasteiger partial charge is 0.471 e. The molecule has 148 valence electrons. The smallest absolute Gasteiger partial charge is 0.376 e. The molecule has 2 aromatic rings. The molecule has 0 bridgehead atoms. The van der Waals surface area contributed by atoms with Crippen LogP contribution in [-0.2, 0) is 17.4 Å². The van der Waals surface area contributed by atoms with Gasteiger partial charge in [0, 0.05) is 26.9 Å². The normalized spacial score (nSPS) is 11.4. The number of carbonyl (C=O) groups is 1. The van der Waals surface area contributed by atoms with Crippen molar-refractivity contribution in [3.8, 4) is 0 Å². The molecule has 0 radical (unpaired) electrons. The van der Waals surface area contributed by atoms with Crippen molar-refractivity contribution in [3.05, 3.63) is 30.0 Å². The molecule has 2 rings (SSSR count). The summed E-state index contributed by atoms with van der Waals surface area (Å²) in [5.74, 6) is -0.884. The molecule has 7 nitrogen and oxygen atoms in total. The molecule has 0 saturated carbocycles. The lowest BCUT2D eigenvalue weighted by atomic mass is 10.1. The van der Waals surface area contributed by atoms with Crippen molar-refractivity contribution < 1.29 is 22.5 Å². The molecule has 27 heavy (non-hydrogen) atoms. The number of aryl methyl sites for hydroxylation is 1. The van der Waals surface area contributed by atoms with Crippen LogP contribution in [0.4, 0.5) is 24.7 Å². The first-order valence-corrected chi connectivity index (χ1v) is 8.58. The zero-order valence-electron chi connectivity index (χ0n) is 15.2. The number of nitrogens with zero attached hydrogens (tertiary/aromatic N) is 4. The number of amides is 1. The summed E-state index contributed by atoms with van der Waals surface area (Å²) in [7, 11) is 3.81. The summed E-state index contributed by atoms with van der Waals surface area (Å²) < 4.78 is 41.2. The van der Waals surface area contributed by atoms with E-state index < -0.39 is 12.1 Å². The van der Waals surface area contributed by atoms with Crippen molar-refractivity contribution in [1.29, 1.82) is 0 Å². The van der Waals surface area contributed by atoms with E-state index in [4.69, 9.17) is 0 Å². The highest BCUT2D eigenvalue weighted by Gasteiger charge is 2.38. The molecule has 0 aliphatic heterocycles. The van der Waals surface area contributed by atoms with Crippen molar-refractivity contribution in [3.63, 3.8) is 0 Å². The van der Waals surface area contributed by atoms with Gasteiger partial charge in [-0.2, -0.15) is 18.2 Å². The standard InChI is InChI=1S/C17H22F3N5O2/c1-25(2)12-9-10-13(21-11-12)22-15(26)8-6-4-3-5-7-14-23-16(27-24-14)17(18,19)20/h9-11H,3-8H2,1-2H3,(H,21,22,26). The van der Waals surface area contributed by atoms with Crippen LogP contribution >= 0.6 is 0 Å². The fourth-order valence-electron chi connectivity index (χ4n) is 2.32. The molecule has 0 aromatic carbocycles. The number of rotatable bonds is 9. The Morgan fingerprint density at radius 1 is 1.19 bits per heavy atom. The molecule has 0 unspecified atom stereocenters. The first kappa shape index (κ1) is 20.7. The summed E-state index contributed by atoms with van der Waals surface area (Å²) in [4.78, 5) is 21.3. The molecule has 0 aliphatic carbocycles. The summed E-state index contributed by atoms with van der Waals surface area (Å²) in [5, 5.41) is 6.05. The third-order valence-electron chi connectivity index (χ3n) is 3.80. The average Bonchev–Trinajstić information content (AvgIpc) is 3.07. The Labute approximate surface area is 155 Å². The van der Waals surface area contributed by atoms with Crippen LogP contribution in [0.25, 0.3) is 0 Å². The zero-order valence-corrected chi connectivity index (χ0v) is 15.2. The maximum Gasteiger partial charge on any atom is 0.471 e. The van der Waals surface area contributed by atoms with E-state index in [1.807, 2.05) is 25.1 Å². The fourth-order valence-corrected chi connectivity index (χ4v) is 2.32. The Morgan fingerprint density at radius 2 is 1.93 bits per heavy atom. The first-order chi connectivity index (χ1) is 12.8. The first-order valence-electron chi connectivity index (χ1n) is 8.58. The number of pyridine rings is 1. The van der Waals surface area contributed by atoms with Gasteiger partial charge in [-0.3, -0.25) is 4.79 Å². The summed E-state index contributed by atoms with van der Waals surface area (Å²) in [6.07, 6.45) is 0.598. The van der Waals surface area contributed by atoms with Gasteiger partial charge in [-0.05, 0) is 25.0 Å². The topological polar surface area (TPSA) is 84.2 Å². The molecule has 0 atom stereocenters. The van der Waals surface area contributed by atoms with Gasteiger partial charge in [-0.25, -0.2) is 4.98 Å². The number of hydrogen-bond donors (Lipinski definition) is 1. The number of nitrogens with one attached hydrogen (secondary N) is 1. The second-order valence-corrected chi connectivity index (χ2v) is 6.27. The van der Waals surface area contributed by atoms with Gasteiger partial charge in [-0.15, -0.1) is 0 Å². The van der Waals surface area contributed by atoms with Crippen LogP contribution in [0.15, 0.2) is 22.9 Å². The van der Waals surface area contributed by atoms with Crippen molar-refractivity contribution in [2.75, 3.05) is 24.3 Å². The van der Waals surface area contributed by atoms with Crippen LogP contribution in [0.3, 0.4) is 0 Å². The van der Waals surface area contributed by atoms with Crippen LogP contribution in [0, 0.1) is 0 Å². The lowest BCUT2D eigenvalue weighted by Gasteiger charge is -2.12. The minimum Gasteiger partial charge on any atom is -0.376 e. The van der Waals surface area contributed by atoms with E-state index in [0.717, 1.165) is 18.5 Å². The number of hydrogen-bond acceptors (Lipinski definition) is 6. The van der Waals surface area contributed by atoms with Crippen molar-refractivity contribution in [1.82, 2.24) is 15.1 Å². The molecule has 1 N–H and O–H groups in total. The quantitative estimate of drug-likeness (QED) is 0.663. The van der Waals surface area contributed by atoms with Crippen molar-refractivity contribution >= 4 is 17.4 Å². The van der Waals surface area contributed by atoms with Gasteiger partial charge in [-0.1, -0.05) is 18.0 Å². The van der Waals surface area contributed by atoms with E-state index in [0.29, 0.717) is 31.5 Å². The highest BCUT2D eigenvalue weighted by molar-refractivity contribution is 5.89. The van der Waals surface area contributed by atoms with Crippen LogP contribution in [0.2, 0.25) is 0 Å². The molecule has 0 saturated heterocycles. The Kier molecular flexibility index (Phi) is 7.14. The Hall–Kier alpha value is -2.65. The minimum atomic E-state index is -4.61. The fraction of sp³-hybridized carbons (Fsp3) is 0.529. The van der Waals surface area contributed by atoms with E-state index in [1.54, 1.807) is 12.3 Å². The second kappa shape index (κ2) is 9.33. The lowest BCUT2D eigenvalue weighted by molar-refractivity contribution is -0.159. The number of carbonyl (C=O) groups excluding carboxylic acids is 1. The van der Waals surface area contributed by atoms with Crippen LogP contribution in [-0.4, -0.2) is 35.1 Å². The van der Waals surface area contributed by atoms with Crippen molar-refractivity contribution in [2.24, 2.45) is 0 Å². The predicted octanol–water partition coefficient (Wildman–Crippen LogP) is 3.68. The Bertz CT molecular complexity index is 729. The second-order valence-electron chi connectivity index (χ2n) is 6.27. The number of halogens is 3. The predicted molar refractivity (Wildman–Crippen MR) is 93.3 cm³/mol. The van der Waals surface area contributed by atoms with Crippen LogP contribution in [0.5, 0.6) is 0 Å². The van der Waals surface area contributed by atoms with Gasteiger partial charge in [0.2, 0.25) is 5.91 Å². The molecule has 1 amide bonds. The Balaban J connectivity index is 1.59. The van der Waals surface area contributed by atoms with E-state index in [1.165, 1.54) is 0 Å². The van der Waals surface area contributed by atoms with Gasteiger partial charge >= 0.3 is 12.1 Å². The maximum absolute atomic E-state index is 12.3. The molecule has 0 aliphatic rings. The van der Waals surface area contributed by atoms with Crippen molar-refractivity contribution in [2.45, 2.75) is 44.7 Å². The number of anilines is 2. The zero-order chi connectivity index (χ0) is 19.9. The molecule has 2 heterocycles. The molecule has 10 heteroatoms. The minimum absolute atomic E-state index is 0.0484. The van der Waals surface area contributed by atoms with Gasteiger partial charge in [0.25, 0.3) is 0 Å². The Morgan fingerprint density at radius 3 is 2.52 bits per heavy atom. The molecule has 2 aromatic heterocycles. The summed E-state index contributed by atoms with van der Waals surface area (Å²) in [6.45, 7) is 0. The van der Waals surface area contributed by atoms with Gasteiger partial charge < -0.3 is 14.7 Å². The molecule has 0 spiro atoms. The van der Waals surface area contributed by atoms with E-state index >= 15 is 0 Å². The molecular formula is C17H22F3N5O2. The van der Waals surface area contributed by atoms with E-state index in [2.05, 4.69) is 25.0 Å². The van der Waals surface area contributed by atoms with Gasteiger partial charge in [0.15, 0.2) is 5.82 Å². The van der Waals surface area contributed by atoms with Gasteiger partial charge in [0.1, 0.15) is 5.82 Å².